The second-order valence-corrected chi connectivity index (χ2v) is 5.80. The van der Waals surface area contributed by atoms with E-state index in [0.29, 0.717) is 30.3 Å². The number of carbonyl (C=O) groups excluding carboxylic acids is 1. The van der Waals surface area contributed by atoms with Crippen molar-refractivity contribution in [2.45, 2.75) is 19.5 Å². The van der Waals surface area contributed by atoms with Crippen molar-refractivity contribution in [3.63, 3.8) is 0 Å². The minimum atomic E-state index is -0.185. The summed E-state index contributed by atoms with van der Waals surface area (Å²) in [7, 11) is 0. The molecule has 0 spiro atoms. The van der Waals surface area contributed by atoms with E-state index in [1.807, 2.05) is 49.4 Å². The van der Waals surface area contributed by atoms with Crippen molar-refractivity contribution in [2.24, 2.45) is 0 Å². The highest BCUT2D eigenvalue weighted by Crippen LogP contribution is 2.24. The van der Waals surface area contributed by atoms with E-state index in [9.17, 15) is 4.79 Å². The Labute approximate surface area is 145 Å². The lowest BCUT2D eigenvalue weighted by atomic mass is 10.3. The maximum atomic E-state index is 10.8. The number of halogens is 1. The molecular weight excluding hydrogens is 326 g/mol. The number of nitrogens with one attached hydrogen (secondary N) is 1. The van der Waals surface area contributed by atoms with Crippen LogP contribution in [0.25, 0.3) is 11.0 Å². The standard InChI is InChI=1S/C18H18ClN3O2/c1-13(20-12-23)18-21-15-7-3-4-8-16(15)22(18)10-11-24-17-9-5-2-6-14(17)19/h2-9,12-13H,10-11H2,1H3,(H,20,23)/t13-/m1/s1. The van der Waals surface area contributed by atoms with E-state index in [4.69, 9.17) is 16.3 Å². The first-order chi connectivity index (χ1) is 11.7. The van der Waals surface area contributed by atoms with Gasteiger partial charge in [0.05, 0.1) is 28.6 Å². The molecule has 2 aromatic carbocycles. The number of hydrogen-bond acceptors (Lipinski definition) is 3. The van der Waals surface area contributed by atoms with Gasteiger partial charge in [0.2, 0.25) is 6.41 Å². The molecule has 1 amide bonds. The summed E-state index contributed by atoms with van der Waals surface area (Å²) in [5, 5.41) is 3.34. The molecule has 3 rings (SSSR count). The Morgan fingerprint density at radius 2 is 2.00 bits per heavy atom. The number of rotatable bonds is 7. The summed E-state index contributed by atoms with van der Waals surface area (Å²) in [6.07, 6.45) is 0.689. The van der Waals surface area contributed by atoms with Crippen LogP contribution in [0.2, 0.25) is 5.02 Å². The minimum absolute atomic E-state index is 0.185. The van der Waals surface area contributed by atoms with Crippen molar-refractivity contribution in [2.75, 3.05) is 6.61 Å². The summed E-state index contributed by atoms with van der Waals surface area (Å²) in [5.74, 6) is 1.45. The van der Waals surface area contributed by atoms with Crippen LogP contribution in [0.15, 0.2) is 48.5 Å². The van der Waals surface area contributed by atoms with Gasteiger partial charge in [-0.25, -0.2) is 4.98 Å². The zero-order valence-corrected chi connectivity index (χ0v) is 14.0. The van der Waals surface area contributed by atoms with Gasteiger partial charge < -0.3 is 14.6 Å². The Morgan fingerprint density at radius 1 is 1.25 bits per heavy atom. The lowest BCUT2D eigenvalue weighted by molar-refractivity contribution is -0.110. The molecule has 6 heteroatoms. The number of carbonyl (C=O) groups is 1. The number of nitrogens with zero attached hydrogens (tertiary/aromatic N) is 2. The molecule has 1 N–H and O–H groups in total. The van der Waals surface area contributed by atoms with Crippen molar-refractivity contribution in [1.29, 1.82) is 0 Å². The third kappa shape index (κ3) is 3.36. The molecule has 0 unspecified atom stereocenters. The molecule has 0 bridgehead atoms. The zero-order chi connectivity index (χ0) is 16.9. The highest BCUT2D eigenvalue weighted by molar-refractivity contribution is 6.32. The van der Waals surface area contributed by atoms with E-state index in [1.54, 1.807) is 6.07 Å². The number of fused-ring (bicyclic) bond motifs is 1. The monoisotopic (exact) mass is 343 g/mol. The molecule has 0 saturated carbocycles. The van der Waals surface area contributed by atoms with Crippen LogP contribution in [0.1, 0.15) is 18.8 Å². The second kappa shape index (κ2) is 7.36. The van der Waals surface area contributed by atoms with Gasteiger partial charge in [-0.3, -0.25) is 4.79 Å². The normalized spacial score (nSPS) is 12.1. The van der Waals surface area contributed by atoms with E-state index in [-0.39, 0.29) is 6.04 Å². The van der Waals surface area contributed by atoms with E-state index in [2.05, 4.69) is 14.9 Å². The molecule has 3 aromatic rings. The Balaban J connectivity index is 1.83. The van der Waals surface area contributed by atoms with Crippen LogP contribution in [-0.4, -0.2) is 22.6 Å². The molecular formula is C18H18ClN3O2. The molecule has 0 fully saturated rings. The van der Waals surface area contributed by atoms with Gasteiger partial charge in [0.1, 0.15) is 18.2 Å². The maximum Gasteiger partial charge on any atom is 0.207 e. The number of imidazole rings is 1. The number of amides is 1. The fourth-order valence-corrected chi connectivity index (χ4v) is 2.84. The predicted molar refractivity (Wildman–Crippen MR) is 94.3 cm³/mol. The summed E-state index contributed by atoms with van der Waals surface area (Å²) in [5.41, 5.74) is 1.90. The molecule has 0 aliphatic carbocycles. The predicted octanol–water partition coefficient (Wildman–Crippen LogP) is 3.58. The fraction of sp³-hybridized carbons (Fsp3) is 0.222. The van der Waals surface area contributed by atoms with Gasteiger partial charge in [-0.15, -0.1) is 0 Å². The highest BCUT2D eigenvalue weighted by Gasteiger charge is 2.16. The largest absolute Gasteiger partial charge is 0.490 e. The third-order valence-electron chi connectivity index (χ3n) is 3.80. The van der Waals surface area contributed by atoms with Crippen LogP contribution >= 0.6 is 11.6 Å². The van der Waals surface area contributed by atoms with E-state index < -0.39 is 0 Å². The third-order valence-corrected chi connectivity index (χ3v) is 4.11. The van der Waals surface area contributed by atoms with E-state index in [1.165, 1.54) is 0 Å². The van der Waals surface area contributed by atoms with Gasteiger partial charge in [0.25, 0.3) is 0 Å². The average Bonchev–Trinajstić information content (AvgIpc) is 2.96. The van der Waals surface area contributed by atoms with Crippen LogP contribution in [0.4, 0.5) is 0 Å². The Morgan fingerprint density at radius 3 is 2.79 bits per heavy atom. The molecule has 1 aromatic heterocycles. The first kappa shape index (κ1) is 16.3. The number of para-hydroxylation sites is 3. The van der Waals surface area contributed by atoms with Gasteiger partial charge >= 0.3 is 0 Å². The molecule has 0 saturated heterocycles. The van der Waals surface area contributed by atoms with Gasteiger partial charge in [0, 0.05) is 0 Å². The quantitative estimate of drug-likeness (QED) is 0.667. The van der Waals surface area contributed by atoms with Crippen LogP contribution < -0.4 is 10.1 Å². The lowest BCUT2D eigenvalue weighted by Crippen LogP contribution is -2.22. The molecule has 0 aliphatic heterocycles. The topological polar surface area (TPSA) is 56.2 Å². The average molecular weight is 344 g/mol. The van der Waals surface area contributed by atoms with Crippen LogP contribution in [0.3, 0.4) is 0 Å². The second-order valence-electron chi connectivity index (χ2n) is 5.40. The molecule has 24 heavy (non-hydrogen) atoms. The molecule has 5 nitrogen and oxygen atoms in total. The van der Waals surface area contributed by atoms with Crippen molar-refractivity contribution in [3.05, 3.63) is 59.4 Å². The Hall–Kier alpha value is -2.53. The summed E-state index contributed by atoms with van der Waals surface area (Å²) in [4.78, 5) is 15.4. The first-order valence-electron chi connectivity index (χ1n) is 7.73. The molecule has 124 valence electrons. The number of ether oxygens (including phenoxy) is 1. The summed E-state index contributed by atoms with van der Waals surface area (Å²) < 4.78 is 7.85. The van der Waals surface area contributed by atoms with Crippen molar-refractivity contribution in [1.82, 2.24) is 14.9 Å². The maximum absolute atomic E-state index is 10.8. The Kier molecular flexibility index (Phi) is 5.01. The van der Waals surface area contributed by atoms with Crippen molar-refractivity contribution in [3.8, 4) is 5.75 Å². The van der Waals surface area contributed by atoms with Gasteiger partial charge in [-0.05, 0) is 31.2 Å². The SMILES string of the molecule is C[C@@H](NC=O)c1nc2ccccc2n1CCOc1ccccc1Cl. The number of aromatic nitrogens is 2. The molecule has 1 atom stereocenters. The zero-order valence-electron chi connectivity index (χ0n) is 13.3. The fourth-order valence-electron chi connectivity index (χ4n) is 2.64. The molecule has 0 aliphatic rings. The van der Waals surface area contributed by atoms with Crippen LogP contribution in [0.5, 0.6) is 5.75 Å². The van der Waals surface area contributed by atoms with Gasteiger partial charge in [0.15, 0.2) is 0 Å². The molecule has 0 radical (unpaired) electrons. The van der Waals surface area contributed by atoms with E-state index >= 15 is 0 Å². The van der Waals surface area contributed by atoms with Gasteiger partial charge in [-0.2, -0.15) is 0 Å². The highest BCUT2D eigenvalue weighted by atomic mass is 35.5. The van der Waals surface area contributed by atoms with Gasteiger partial charge in [-0.1, -0.05) is 35.9 Å². The van der Waals surface area contributed by atoms with Crippen LogP contribution in [-0.2, 0) is 11.3 Å². The van der Waals surface area contributed by atoms with E-state index in [0.717, 1.165) is 16.9 Å². The van der Waals surface area contributed by atoms with Crippen molar-refractivity contribution < 1.29 is 9.53 Å². The minimum Gasteiger partial charge on any atom is -0.490 e. The first-order valence-corrected chi connectivity index (χ1v) is 8.10. The smallest absolute Gasteiger partial charge is 0.207 e. The van der Waals surface area contributed by atoms with Crippen LogP contribution in [0, 0.1) is 0 Å². The summed E-state index contributed by atoms with van der Waals surface area (Å²) in [6.45, 7) is 2.96. The number of hydrogen-bond donors (Lipinski definition) is 1. The Bertz CT molecular complexity index is 847. The summed E-state index contributed by atoms with van der Waals surface area (Å²) >= 11 is 6.11. The lowest BCUT2D eigenvalue weighted by Gasteiger charge is -2.15. The number of benzene rings is 2. The summed E-state index contributed by atoms with van der Waals surface area (Å²) in [6, 6.07) is 15.1. The van der Waals surface area contributed by atoms with Crippen molar-refractivity contribution >= 4 is 29.0 Å². The molecule has 1 heterocycles.